The first-order chi connectivity index (χ1) is 9.97. The Kier molecular flexibility index (Phi) is 5.40. The molecule has 3 nitrogen and oxygen atoms in total. The number of aromatic nitrogens is 1. The van der Waals surface area contributed by atoms with E-state index in [0.717, 1.165) is 38.3 Å². The lowest BCUT2D eigenvalue weighted by molar-refractivity contribution is 0.550. The largest absolute Gasteiger partial charge is 0.352 e. The summed E-state index contributed by atoms with van der Waals surface area (Å²) in [5.74, 6) is 1.85. The number of rotatable bonds is 5. The first kappa shape index (κ1) is 16.0. The highest BCUT2D eigenvalue weighted by Crippen LogP contribution is 2.25. The molecule has 0 aliphatic carbocycles. The van der Waals surface area contributed by atoms with Crippen LogP contribution >= 0.6 is 0 Å². The van der Waals surface area contributed by atoms with E-state index >= 15 is 0 Å². The third kappa shape index (κ3) is 4.31. The Balaban J connectivity index is 2.22. The summed E-state index contributed by atoms with van der Waals surface area (Å²) in [6.07, 6.45) is 3.47. The van der Waals surface area contributed by atoms with Crippen LogP contribution in [0.1, 0.15) is 44.0 Å². The van der Waals surface area contributed by atoms with Gasteiger partial charge in [-0.1, -0.05) is 25.5 Å². The molecule has 0 bridgehead atoms. The number of hydrogen-bond donors (Lipinski definition) is 1. The minimum Gasteiger partial charge on any atom is -0.352 e. The molecule has 1 N–H and O–H groups in total. The molecule has 1 aromatic heterocycles. The summed E-state index contributed by atoms with van der Waals surface area (Å²) in [6, 6.07) is 2.20. The van der Waals surface area contributed by atoms with Gasteiger partial charge in [0.1, 0.15) is 5.82 Å². The van der Waals surface area contributed by atoms with Gasteiger partial charge in [0.15, 0.2) is 0 Å². The molecule has 1 aliphatic heterocycles. The summed E-state index contributed by atoms with van der Waals surface area (Å²) in [6.45, 7) is 15.0. The number of nitrogens with zero attached hydrogens (tertiary/aromatic N) is 2. The molecule has 1 aromatic rings. The smallest absolute Gasteiger partial charge is 0.133 e. The van der Waals surface area contributed by atoms with Crippen molar-refractivity contribution in [3.05, 3.63) is 34.5 Å². The predicted octanol–water partition coefficient (Wildman–Crippen LogP) is 3.60. The highest BCUT2D eigenvalue weighted by molar-refractivity contribution is 5.53. The van der Waals surface area contributed by atoms with Gasteiger partial charge in [0.2, 0.25) is 0 Å². The number of hydrogen-bond acceptors (Lipinski definition) is 3. The molecule has 2 heterocycles. The highest BCUT2D eigenvalue weighted by atomic mass is 15.2. The fourth-order valence-electron chi connectivity index (χ4n) is 2.77. The molecule has 0 unspecified atom stereocenters. The van der Waals surface area contributed by atoms with Crippen molar-refractivity contribution in [1.82, 2.24) is 10.3 Å². The molecule has 0 spiro atoms. The first-order valence-corrected chi connectivity index (χ1v) is 8.05. The van der Waals surface area contributed by atoms with Crippen molar-refractivity contribution in [2.24, 2.45) is 5.92 Å². The van der Waals surface area contributed by atoms with E-state index in [0.29, 0.717) is 5.92 Å². The van der Waals surface area contributed by atoms with Gasteiger partial charge in [0.25, 0.3) is 0 Å². The lowest BCUT2D eigenvalue weighted by Crippen LogP contribution is -2.31. The van der Waals surface area contributed by atoms with Crippen LogP contribution in [0.2, 0.25) is 0 Å². The molecule has 3 heteroatoms. The second-order valence-corrected chi connectivity index (χ2v) is 6.65. The van der Waals surface area contributed by atoms with Gasteiger partial charge in [-0.3, -0.25) is 0 Å². The molecule has 1 aliphatic rings. The van der Waals surface area contributed by atoms with Gasteiger partial charge < -0.3 is 10.2 Å². The van der Waals surface area contributed by atoms with E-state index in [1.165, 1.54) is 22.5 Å². The Bertz CT molecular complexity index is 517. The van der Waals surface area contributed by atoms with E-state index < -0.39 is 0 Å². The molecule has 0 atom stereocenters. The fourth-order valence-corrected chi connectivity index (χ4v) is 2.77. The SMILES string of the molecule is CC1=CCN(c2nc(C)cc(C)c2CNCC(C)C)CC1. The number of aryl methyl sites for hydroxylation is 2. The Hall–Kier alpha value is -1.35. The van der Waals surface area contributed by atoms with Gasteiger partial charge in [0, 0.05) is 30.9 Å². The number of nitrogens with one attached hydrogen (secondary N) is 1. The van der Waals surface area contributed by atoms with Gasteiger partial charge in [-0.2, -0.15) is 0 Å². The average Bonchev–Trinajstić information content (AvgIpc) is 2.41. The number of pyridine rings is 1. The summed E-state index contributed by atoms with van der Waals surface area (Å²) < 4.78 is 0. The standard InChI is InChI=1S/C18H29N3/c1-13(2)11-19-12-17-15(4)10-16(5)20-18(17)21-8-6-14(3)7-9-21/h6,10,13,19H,7-9,11-12H2,1-5H3. The monoisotopic (exact) mass is 287 g/mol. The fraction of sp³-hybridized carbons (Fsp3) is 0.611. The van der Waals surface area contributed by atoms with E-state index in [-0.39, 0.29) is 0 Å². The molecular formula is C18H29N3. The summed E-state index contributed by atoms with van der Waals surface area (Å²) in [5, 5.41) is 3.57. The third-order valence-electron chi connectivity index (χ3n) is 4.04. The van der Waals surface area contributed by atoms with Crippen LogP contribution in [0, 0.1) is 19.8 Å². The minimum atomic E-state index is 0.674. The summed E-state index contributed by atoms with van der Waals surface area (Å²) >= 11 is 0. The maximum Gasteiger partial charge on any atom is 0.133 e. The van der Waals surface area contributed by atoms with E-state index in [9.17, 15) is 0 Å². The van der Waals surface area contributed by atoms with E-state index in [1.54, 1.807) is 0 Å². The van der Waals surface area contributed by atoms with Gasteiger partial charge in [-0.25, -0.2) is 4.98 Å². The van der Waals surface area contributed by atoms with E-state index in [4.69, 9.17) is 4.98 Å². The molecule has 21 heavy (non-hydrogen) atoms. The Labute approximate surface area is 129 Å². The van der Waals surface area contributed by atoms with Crippen molar-refractivity contribution in [2.75, 3.05) is 24.5 Å². The van der Waals surface area contributed by atoms with Crippen LogP contribution in [0.15, 0.2) is 17.7 Å². The summed E-state index contributed by atoms with van der Waals surface area (Å²) in [5.41, 5.74) is 5.31. The highest BCUT2D eigenvalue weighted by Gasteiger charge is 2.17. The summed E-state index contributed by atoms with van der Waals surface area (Å²) in [4.78, 5) is 7.25. The van der Waals surface area contributed by atoms with Crippen LogP contribution < -0.4 is 10.2 Å². The molecule has 0 aromatic carbocycles. The maximum absolute atomic E-state index is 4.84. The molecule has 0 radical (unpaired) electrons. The van der Waals surface area contributed by atoms with Crippen molar-refractivity contribution >= 4 is 5.82 Å². The lowest BCUT2D eigenvalue weighted by atomic mass is 10.1. The van der Waals surface area contributed by atoms with Crippen LogP contribution in [-0.4, -0.2) is 24.6 Å². The molecule has 0 amide bonds. The molecule has 116 valence electrons. The zero-order chi connectivity index (χ0) is 15.4. The van der Waals surface area contributed by atoms with Gasteiger partial charge in [-0.05, 0) is 51.3 Å². The van der Waals surface area contributed by atoms with E-state index in [2.05, 4.69) is 57.0 Å². The predicted molar refractivity (Wildman–Crippen MR) is 90.8 cm³/mol. The normalized spacial score (nSPS) is 15.5. The van der Waals surface area contributed by atoms with Crippen LogP contribution in [-0.2, 0) is 6.54 Å². The molecule has 0 saturated carbocycles. The lowest BCUT2D eigenvalue weighted by Gasteiger charge is -2.29. The quantitative estimate of drug-likeness (QED) is 0.839. The number of anilines is 1. The molecular weight excluding hydrogens is 258 g/mol. The Morgan fingerprint density at radius 3 is 2.67 bits per heavy atom. The molecule has 0 saturated heterocycles. The zero-order valence-corrected chi connectivity index (χ0v) is 14.2. The van der Waals surface area contributed by atoms with Crippen molar-refractivity contribution in [3.8, 4) is 0 Å². The van der Waals surface area contributed by atoms with Crippen molar-refractivity contribution in [1.29, 1.82) is 0 Å². The average molecular weight is 287 g/mol. The van der Waals surface area contributed by atoms with Gasteiger partial charge in [-0.15, -0.1) is 0 Å². The molecule has 2 rings (SSSR count). The van der Waals surface area contributed by atoms with Crippen LogP contribution in [0.3, 0.4) is 0 Å². The first-order valence-electron chi connectivity index (χ1n) is 8.05. The topological polar surface area (TPSA) is 28.2 Å². The van der Waals surface area contributed by atoms with Crippen molar-refractivity contribution in [2.45, 2.75) is 47.6 Å². The van der Waals surface area contributed by atoms with Crippen LogP contribution in [0.4, 0.5) is 5.82 Å². The van der Waals surface area contributed by atoms with Crippen molar-refractivity contribution < 1.29 is 0 Å². The van der Waals surface area contributed by atoms with Crippen LogP contribution in [0.5, 0.6) is 0 Å². The van der Waals surface area contributed by atoms with Crippen LogP contribution in [0.25, 0.3) is 0 Å². The molecule has 0 fully saturated rings. The third-order valence-corrected chi connectivity index (χ3v) is 4.04. The van der Waals surface area contributed by atoms with E-state index in [1.807, 2.05) is 0 Å². The maximum atomic E-state index is 4.84. The second kappa shape index (κ2) is 7.08. The second-order valence-electron chi connectivity index (χ2n) is 6.65. The Morgan fingerprint density at radius 1 is 1.29 bits per heavy atom. The summed E-state index contributed by atoms with van der Waals surface area (Å²) in [7, 11) is 0. The zero-order valence-electron chi connectivity index (χ0n) is 14.2. The van der Waals surface area contributed by atoms with Gasteiger partial charge in [0.05, 0.1) is 0 Å². The minimum absolute atomic E-state index is 0.674. The Morgan fingerprint density at radius 2 is 2.05 bits per heavy atom. The van der Waals surface area contributed by atoms with Gasteiger partial charge >= 0.3 is 0 Å². The van der Waals surface area contributed by atoms with Crippen molar-refractivity contribution in [3.63, 3.8) is 0 Å².